The van der Waals surface area contributed by atoms with E-state index in [0.29, 0.717) is 45.2 Å². The third kappa shape index (κ3) is 3.29. The number of imidazole rings is 1. The monoisotopic (exact) mass is 445 g/mol. The van der Waals surface area contributed by atoms with E-state index in [1.165, 1.54) is 29.5 Å². The highest BCUT2D eigenvalue weighted by Gasteiger charge is 2.37. The molecule has 8 nitrogen and oxygen atoms in total. The Labute approximate surface area is 185 Å². The van der Waals surface area contributed by atoms with Crippen LogP contribution in [-0.2, 0) is 11.2 Å². The van der Waals surface area contributed by atoms with E-state index in [1.54, 1.807) is 29.6 Å². The van der Waals surface area contributed by atoms with Gasteiger partial charge in [0, 0.05) is 31.1 Å². The van der Waals surface area contributed by atoms with Crippen LogP contribution in [0.1, 0.15) is 22.4 Å². The minimum absolute atomic E-state index is 0.123. The minimum Gasteiger partial charge on any atom is -0.361 e. The average Bonchev–Trinajstić information content (AvgIpc) is 3.45. The maximum Gasteiger partial charge on any atom is 0.258 e. The zero-order valence-corrected chi connectivity index (χ0v) is 17.4. The molecule has 3 N–H and O–H groups in total. The lowest BCUT2D eigenvalue weighted by molar-refractivity contribution is -0.128. The Morgan fingerprint density at radius 1 is 1.44 bits per heavy atom. The number of dihydropyridines is 1. The summed E-state index contributed by atoms with van der Waals surface area (Å²) in [7, 11) is 0. The molecular weight excluding hydrogens is 429 g/mol. The molecule has 1 amide bonds. The molecule has 0 radical (unpaired) electrons. The van der Waals surface area contributed by atoms with E-state index < -0.39 is 6.04 Å². The number of allylic oxidation sites excluding steroid dienone is 3. The molecule has 2 aromatic heterocycles. The molecule has 158 valence electrons. The third-order valence-corrected chi connectivity index (χ3v) is 6.45. The van der Waals surface area contributed by atoms with Crippen molar-refractivity contribution in [2.75, 3.05) is 6.54 Å². The Hall–Kier alpha value is -4.10. The number of carbonyl (C=O) groups excluding carboxylic acids is 1. The van der Waals surface area contributed by atoms with Crippen molar-refractivity contribution in [2.45, 2.75) is 12.5 Å². The van der Waals surface area contributed by atoms with E-state index in [9.17, 15) is 14.4 Å². The number of rotatable bonds is 3. The number of nitriles is 1. The molecule has 1 atom stereocenters. The standard InChI is InChI=1S/C22H16FN7OS/c23-13-1-2-15-18(8-13)32-21(29-15)20-19-16(27-11-28-19)4-6-30(20)22(31)14(10-25)17-7-12(9-24)3-5-26-17/h1-3,5,7-8,10-11,20,25-26H,4,6H2,(H,27,28)/b17-14+,25-10?/t20-/m0/s1. The van der Waals surface area contributed by atoms with Gasteiger partial charge in [-0.15, -0.1) is 11.3 Å². The lowest BCUT2D eigenvalue weighted by atomic mass is 10.0. The van der Waals surface area contributed by atoms with Gasteiger partial charge < -0.3 is 20.6 Å². The van der Waals surface area contributed by atoms with Gasteiger partial charge in [-0.05, 0) is 30.4 Å². The van der Waals surface area contributed by atoms with E-state index in [4.69, 9.17) is 5.41 Å². The molecule has 2 aliphatic rings. The Kier molecular flexibility index (Phi) is 4.88. The number of fused-ring (bicyclic) bond motifs is 2. The van der Waals surface area contributed by atoms with Crippen molar-refractivity contribution in [3.63, 3.8) is 0 Å². The van der Waals surface area contributed by atoms with E-state index in [1.807, 2.05) is 6.07 Å². The molecule has 32 heavy (non-hydrogen) atoms. The quantitative estimate of drug-likeness (QED) is 0.422. The first kappa shape index (κ1) is 19.8. The average molecular weight is 445 g/mol. The predicted molar refractivity (Wildman–Crippen MR) is 117 cm³/mol. The number of halogens is 1. The number of amides is 1. The highest BCUT2D eigenvalue weighted by Crippen LogP contribution is 2.38. The Morgan fingerprint density at radius 2 is 2.31 bits per heavy atom. The first-order valence-corrected chi connectivity index (χ1v) is 10.6. The maximum absolute atomic E-state index is 13.7. The lowest BCUT2D eigenvalue weighted by Gasteiger charge is -2.34. The Morgan fingerprint density at radius 3 is 3.12 bits per heavy atom. The van der Waals surface area contributed by atoms with Crippen LogP contribution in [0.15, 0.2) is 59.7 Å². The number of nitrogens with zero attached hydrogens (tertiary/aromatic N) is 4. The molecule has 2 aliphatic heterocycles. The van der Waals surface area contributed by atoms with Gasteiger partial charge in [-0.2, -0.15) is 5.26 Å². The second kappa shape index (κ2) is 7.86. The fourth-order valence-corrected chi connectivity index (χ4v) is 4.99. The van der Waals surface area contributed by atoms with Crippen LogP contribution in [0.5, 0.6) is 0 Å². The zero-order chi connectivity index (χ0) is 22.2. The fraction of sp³-hybridized carbons (Fsp3) is 0.136. The molecule has 0 spiro atoms. The number of hydrogen-bond donors (Lipinski definition) is 3. The summed E-state index contributed by atoms with van der Waals surface area (Å²) in [6.07, 6.45) is 7.84. The summed E-state index contributed by atoms with van der Waals surface area (Å²) in [4.78, 5) is 27.5. The van der Waals surface area contributed by atoms with Crippen molar-refractivity contribution in [1.29, 1.82) is 10.7 Å². The molecule has 3 aromatic rings. The van der Waals surface area contributed by atoms with E-state index in [0.717, 1.165) is 11.9 Å². The molecule has 5 rings (SSSR count). The predicted octanol–water partition coefficient (Wildman–Crippen LogP) is 3.10. The normalized spacial score (nSPS) is 19.1. The van der Waals surface area contributed by atoms with Crippen LogP contribution in [0.2, 0.25) is 0 Å². The van der Waals surface area contributed by atoms with Crippen LogP contribution in [0.3, 0.4) is 0 Å². The lowest BCUT2D eigenvalue weighted by Crippen LogP contribution is -2.42. The molecule has 0 aliphatic carbocycles. The molecular formula is C22H16FN7OS. The summed E-state index contributed by atoms with van der Waals surface area (Å²) in [6, 6.07) is 5.86. The number of carbonyl (C=O) groups is 1. The number of benzene rings is 1. The topological polar surface area (TPSA) is 122 Å². The highest BCUT2D eigenvalue weighted by molar-refractivity contribution is 7.18. The Balaban J connectivity index is 1.61. The van der Waals surface area contributed by atoms with Crippen molar-refractivity contribution in [3.05, 3.63) is 81.9 Å². The van der Waals surface area contributed by atoms with Gasteiger partial charge in [0.15, 0.2) is 0 Å². The SMILES string of the molecule is N#CC1=C/C(=C(/C=N)C(=O)N2CCc3[nH]cnc3[C@H]2c2nc3ccc(F)cc3s2)NC=C1. The van der Waals surface area contributed by atoms with E-state index >= 15 is 0 Å². The second-order valence-corrected chi connectivity index (χ2v) is 8.30. The van der Waals surface area contributed by atoms with Gasteiger partial charge in [0.2, 0.25) is 0 Å². The largest absolute Gasteiger partial charge is 0.361 e. The molecule has 0 bridgehead atoms. The molecule has 0 unspecified atom stereocenters. The number of aromatic amines is 1. The van der Waals surface area contributed by atoms with E-state index in [2.05, 4.69) is 20.3 Å². The number of aromatic nitrogens is 3. The highest BCUT2D eigenvalue weighted by atomic mass is 32.1. The summed E-state index contributed by atoms with van der Waals surface area (Å²) in [5, 5.41) is 20.6. The summed E-state index contributed by atoms with van der Waals surface area (Å²) < 4.78 is 14.4. The van der Waals surface area contributed by atoms with Gasteiger partial charge in [0.1, 0.15) is 16.9 Å². The van der Waals surface area contributed by atoms with Crippen molar-refractivity contribution < 1.29 is 9.18 Å². The summed E-state index contributed by atoms with van der Waals surface area (Å²) >= 11 is 1.31. The van der Waals surface area contributed by atoms with Crippen molar-refractivity contribution in [1.82, 2.24) is 25.2 Å². The van der Waals surface area contributed by atoms with Gasteiger partial charge in [-0.3, -0.25) is 4.79 Å². The van der Waals surface area contributed by atoms with Gasteiger partial charge in [0.05, 0.1) is 45.2 Å². The fourth-order valence-electron chi connectivity index (χ4n) is 3.88. The molecule has 0 saturated heterocycles. The molecule has 0 fully saturated rings. The smallest absolute Gasteiger partial charge is 0.258 e. The first-order valence-electron chi connectivity index (χ1n) is 9.78. The van der Waals surface area contributed by atoms with Crippen LogP contribution in [-0.4, -0.2) is 38.5 Å². The van der Waals surface area contributed by atoms with Crippen molar-refractivity contribution >= 4 is 33.7 Å². The number of thiazole rings is 1. The summed E-state index contributed by atoms with van der Waals surface area (Å²) in [5.41, 5.74) is 3.12. The van der Waals surface area contributed by atoms with E-state index in [-0.39, 0.29) is 17.3 Å². The zero-order valence-electron chi connectivity index (χ0n) is 16.6. The second-order valence-electron chi connectivity index (χ2n) is 7.24. The molecule has 4 heterocycles. The first-order chi connectivity index (χ1) is 15.6. The Bertz CT molecular complexity index is 1390. The number of hydrogen-bond acceptors (Lipinski definition) is 7. The van der Waals surface area contributed by atoms with Crippen molar-refractivity contribution in [3.8, 4) is 6.07 Å². The van der Waals surface area contributed by atoms with Crippen LogP contribution in [0.25, 0.3) is 10.2 Å². The molecule has 0 saturated carbocycles. The summed E-state index contributed by atoms with van der Waals surface area (Å²) in [5.74, 6) is -0.729. The molecule has 10 heteroatoms. The maximum atomic E-state index is 13.7. The van der Waals surface area contributed by atoms with Gasteiger partial charge >= 0.3 is 0 Å². The summed E-state index contributed by atoms with van der Waals surface area (Å²) in [6.45, 7) is 0.387. The van der Waals surface area contributed by atoms with Gasteiger partial charge in [-0.25, -0.2) is 14.4 Å². The van der Waals surface area contributed by atoms with Crippen LogP contribution in [0.4, 0.5) is 4.39 Å². The van der Waals surface area contributed by atoms with Crippen LogP contribution in [0, 0.1) is 22.6 Å². The minimum atomic E-state index is -0.577. The number of nitrogens with one attached hydrogen (secondary N) is 3. The van der Waals surface area contributed by atoms with Gasteiger partial charge in [-0.1, -0.05) is 0 Å². The van der Waals surface area contributed by atoms with Crippen molar-refractivity contribution in [2.24, 2.45) is 0 Å². The van der Waals surface area contributed by atoms with Crippen LogP contribution >= 0.6 is 11.3 Å². The molecule has 1 aromatic carbocycles. The number of H-pyrrole nitrogens is 1. The van der Waals surface area contributed by atoms with Gasteiger partial charge in [0.25, 0.3) is 5.91 Å². The third-order valence-electron chi connectivity index (χ3n) is 5.38. The van der Waals surface area contributed by atoms with Crippen LogP contribution < -0.4 is 5.32 Å².